The van der Waals surface area contributed by atoms with E-state index in [1.54, 1.807) is 0 Å². The summed E-state index contributed by atoms with van der Waals surface area (Å²) in [6.07, 6.45) is 0. The van der Waals surface area contributed by atoms with Crippen LogP contribution in [0, 0.1) is 6.92 Å². The van der Waals surface area contributed by atoms with E-state index in [-0.39, 0.29) is 0 Å². The highest BCUT2D eigenvalue weighted by molar-refractivity contribution is 6.36. The highest BCUT2D eigenvalue weighted by Gasteiger charge is 2.08. The van der Waals surface area contributed by atoms with Gasteiger partial charge in [-0.1, -0.05) is 48.0 Å². The van der Waals surface area contributed by atoms with E-state index in [1.807, 2.05) is 36.4 Å². The lowest BCUT2D eigenvalue weighted by molar-refractivity contribution is 1.47. The third-order valence-corrected chi connectivity index (χ3v) is 3.74. The molecule has 0 unspecified atom stereocenters. The fourth-order valence-electron chi connectivity index (χ4n) is 2.49. The first-order chi connectivity index (χ1) is 9.16. The first-order valence-corrected chi connectivity index (χ1v) is 6.58. The van der Waals surface area contributed by atoms with E-state index in [0.29, 0.717) is 0 Å². The summed E-state index contributed by atoms with van der Waals surface area (Å²) in [5.41, 5.74) is 10.2. The summed E-state index contributed by atoms with van der Waals surface area (Å²) in [6, 6.07) is 18.2. The topological polar surface area (TPSA) is 26.0 Å². The number of anilines is 1. The van der Waals surface area contributed by atoms with Crippen molar-refractivity contribution in [3.8, 4) is 11.1 Å². The average molecular weight is 268 g/mol. The maximum Gasteiger partial charge on any atom is 0.0484 e. The van der Waals surface area contributed by atoms with Gasteiger partial charge < -0.3 is 5.73 Å². The molecule has 3 aromatic rings. The SMILES string of the molecule is Cc1cc(N)ccc1-c1ccc(Cl)c2ccccc12. The summed E-state index contributed by atoms with van der Waals surface area (Å²) >= 11 is 6.26. The molecule has 0 aliphatic carbocycles. The van der Waals surface area contributed by atoms with Crippen LogP contribution in [0.1, 0.15) is 5.56 Å². The van der Waals surface area contributed by atoms with Gasteiger partial charge in [-0.05, 0) is 47.2 Å². The van der Waals surface area contributed by atoms with Gasteiger partial charge >= 0.3 is 0 Å². The van der Waals surface area contributed by atoms with Crippen molar-refractivity contribution in [2.75, 3.05) is 5.73 Å². The summed E-state index contributed by atoms with van der Waals surface area (Å²) in [7, 11) is 0. The second-order valence-corrected chi connectivity index (χ2v) is 5.12. The Bertz CT molecular complexity index is 762. The van der Waals surface area contributed by atoms with Gasteiger partial charge in [-0.2, -0.15) is 0 Å². The van der Waals surface area contributed by atoms with Crippen molar-refractivity contribution in [1.29, 1.82) is 0 Å². The number of benzene rings is 3. The molecule has 2 heteroatoms. The van der Waals surface area contributed by atoms with Gasteiger partial charge in [-0.25, -0.2) is 0 Å². The smallest absolute Gasteiger partial charge is 0.0484 e. The number of halogens is 1. The number of hydrogen-bond acceptors (Lipinski definition) is 1. The van der Waals surface area contributed by atoms with Crippen molar-refractivity contribution in [2.24, 2.45) is 0 Å². The van der Waals surface area contributed by atoms with Gasteiger partial charge in [-0.15, -0.1) is 0 Å². The lowest BCUT2D eigenvalue weighted by atomic mass is 9.95. The van der Waals surface area contributed by atoms with Crippen molar-refractivity contribution in [3.05, 3.63) is 65.2 Å². The molecular formula is C17H14ClN. The molecule has 0 bridgehead atoms. The van der Waals surface area contributed by atoms with Crippen LogP contribution >= 0.6 is 11.6 Å². The van der Waals surface area contributed by atoms with Crippen LogP contribution in [-0.2, 0) is 0 Å². The second kappa shape index (κ2) is 4.60. The van der Waals surface area contributed by atoms with Crippen molar-refractivity contribution in [1.82, 2.24) is 0 Å². The largest absolute Gasteiger partial charge is 0.399 e. The summed E-state index contributed by atoms with van der Waals surface area (Å²) < 4.78 is 0. The third kappa shape index (κ3) is 2.06. The second-order valence-electron chi connectivity index (χ2n) is 4.71. The molecular weight excluding hydrogens is 254 g/mol. The van der Waals surface area contributed by atoms with E-state index >= 15 is 0 Å². The maximum atomic E-state index is 6.26. The van der Waals surface area contributed by atoms with E-state index < -0.39 is 0 Å². The molecule has 3 aromatic carbocycles. The van der Waals surface area contributed by atoms with Gasteiger partial charge in [0.2, 0.25) is 0 Å². The van der Waals surface area contributed by atoms with Gasteiger partial charge in [0.05, 0.1) is 0 Å². The first kappa shape index (κ1) is 12.1. The standard InChI is InChI=1S/C17H14ClN/c1-11-10-12(19)6-7-13(11)15-8-9-17(18)16-5-3-2-4-14(15)16/h2-10H,19H2,1H3. The molecule has 94 valence electrons. The van der Waals surface area contributed by atoms with Crippen LogP contribution in [0.5, 0.6) is 0 Å². The first-order valence-electron chi connectivity index (χ1n) is 6.20. The Morgan fingerprint density at radius 3 is 2.26 bits per heavy atom. The molecule has 0 amide bonds. The Kier molecular flexibility index (Phi) is 2.92. The number of nitrogen functional groups attached to an aromatic ring is 1. The number of fused-ring (bicyclic) bond motifs is 1. The fraction of sp³-hybridized carbons (Fsp3) is 0.0588. The zero-order chi connectivity index (χ0) is 13.4. The molecule has 0 saturated carbocycles. The summed E-state index contributed by atoms with van der Waals surface area (Å²) in [4.78, 5) is 0. The predicted molar refractivity (Wildman–Crippen MR) is 83.5 cm³/mol. The highest BCUT2D eigenvalue weighted by atomic mass is 35.5. The molecule has 0 saturated heterocycles. The molecule has 0 aliphatic heterocycles. The van der Waals surface area contributed by atoms with Gasteiger partial charge in [-0.3, -0.25) is 0 Å². The lowest BCUT2D eigenvalue weighted by Crippen LogP contribution is -1.89. The van der Waals surface area contributed by atoms with Crippen molar-refractivity contribution < 1.29 is 0 Å². The van der Waals surface area contributed by atoms with Crippen molar-refractivity contribution in [2.45, 2.75) is 6.92 Å². The molecule has 2 N–H and O–H groups in total. The predicted octanol–water partition coefficient (Wildman–Crippen LogP) is 5.05. The quantitative estimate of drug-likeness (QED) is 0.614. The minimum Gasteiger partial charge on any atom is -0.399 e. The Morgan fingerprint density at radius 1 is 0.842 bits per heavy atom. The van der Waals surface area contributed by atoms with E-state index in [0.717, 1.165) is 16.1 Å². The van der Waals surface area contributed by atoms with Crippen LogP contribution in [0.25, 0.3) is 21.9 Å². The van der Waals surface area contributed by atoms with Crippen LogP contribution in [0.4, 0.5) is 5.69 Å². The number of hydrogen-bond donors (Lipinski definition) is 1. The molecule has 19 heavy (non-hydrogen) atoms. The zero-order valence-corrected chi connectivity index (χ0v) is 11.4. The Hall–Kier alpha value is -1.99. The Labute approximate surface area is 117 Å². The summed E-state index contributed by atoms with van der Waals surface area (Å²) in [5, 5.41) is 3.04. The van der Waals surface area contributed by atoms with Crippen LogP contribution in [0.15, 0.2) is 54.6 Å². The van der Waals surface area contributed by atoms with E-state index in [4.69, 9.17) is 17.3 Å². The van der Waals surface area contributed by atoms with Crippen LogP contribution < -0.4 is 5.73 Å². The van der Waals surface area contributed by atoms with Gasteiger partial charge in [0.25, 0.3) is 0 Å². The molecule has 0 radical (unpaired) electrons. The molecule has 0 atom stereocenters. The fourth-order valence-corrected chi connectivity index (χ4v) is 2.71. The molecule has 3 rings (SSSR count). The van der Waals surface area contributed by atoms with Crippen LogP contribution in [-0.4, -0.2) is 0 Å². The van der Waals surface area contributed by atoms with Gasteiger partial charge in [0.15, 0.2) is 0 Å². The summed E-state index contributed by atoms with van der Waals surface area (Å²) in [6.45, 7) is 2.08. The van der Waals surface area contributed by atoms with Crippen LogP contribution in [0.2, 0.25) is 5.02 Å². The molecule has 0 spiro atoms. The Balaban J connectivity index is 2.34. The molecule has 0 aromatic heterocycles. The van der Waals surface area contributed by atoms with Gasteiger partial charge in [0.1, 0.15) is 0 Å². The maximum absolute atomic E-state index is 6.26. The number of nitrogens with two attached hydrogens (primary N) is 1. The van der Waals surface area contributed by atoms with Crippen molar-refractivity contribution >= 4 is 28.1 Å². The normalized spacial score (nSPS) is 10.8. The minimum atomic E-state index is 0.785. The number of aryl methyl sites for hydroxylation is 1. The summed E-state index contributed by atoms with van der Waals surface area (Å²) in [5.74, 6) is 0. The molecule has 0 fully saturated rings. The van der Waals surface area contributed by atoms with E-state index in [9.17, 15) is 0 Å². The van der Waals surface area contributed by atoms with E-state index in [1.165, 1.54) is 22.1 Å². The van der Waals surface area contributed by atoms with Gasteiger partial charge in [0, 0.05) is 16.1 Å². The van der Waals surface area contributed by atoms with E-state index in [2.05, 4.69) is 25.1 Å². The molecule has 0 heterocycles. The molecule has 0 aliphatic rings. The lowest BCUT2D eigenvalue weighted by Gasteiger charge is -2.11. The minimum absolute atomic E-state index is 0.785. The monoisotopic (exact) mass is 267 g/mol. The molecule has 1 nitrogen and oxygen atoms in total. The van der Waals surface area contributed by atoms with Crippen molar-refractivity contribution in [3.63, 3.8) is 0 Å². The Morgan fingerprint density at radius 2 is 1.53 bits per heavy atom. The third-order valence-electron chi connectivity index (χ3n) is 3.41. The zero-order valence-electron chi connectivity index (χ0n) is 10.7. The highest BCUT2D eigenvalue weighted by Crippen LogP contribution is 2.34. The average Bonchev–Trinajstić information content (AvgIpc) is 2.41. The van der Waals surface area contributed by atoms with Crippen LogP contribution in [0.3, 0.4) is 0 Å². The number of rotatable bonds is 1.